The van der Waals surface area contributed by atoms with Crippen LogP contribution < -0.4 is 9.47 Å². The average molecular weight is 433 g/mol. The maximum Gasteiger partial charge on any atom is 0.434 e. The predicted molar refractivity (Wildman–Crippen MR) is 93.7 cm³/mol. The normalized spacial score (nSPS) is 12.4. The van der Waals surface area contributed by atoms with Crippen molar-refractivity contribution in [2.24, 2.45) is 0 Å². The number of aromatic nitrogens is 1. The Kier molecular flexibility index (Phi) is 5.40. The van der Waals surface area contributed by atoms with Crippen LogP contribution in [0.25, 0.3) is 21.8 Å². The number of methoxy groups -OCH3 is 2. The third-order valence-corrected chi connectivity index (χ3v) is 4.21. The number of fused-ring (bicyclic) bond motifs is 2. The van der Waals surface area contributed by atoms with Crippen molar-refractivity contribution >= 4 is 27.8 Å². The summed E-state index contributed by atoms with van der Waals surface area (Å²) in [6.07, 6.45) is -16.0. The maximum absolute atomic E-state index is 12.9. The Hall–Kier alpha value is -3.24. The van der Waals surface area contributed by atoms with Gasteiger partial charge in [-0.25, -0.2) is 9.78 Å². The zero-order chi connectivity index (χ0) is 22.3. The van der Waals surface area contributed by atoms with Crippen LogP contribution in [-0.2, 0) is 4.74 Å². The van der Waals surface area contributed by atoms with Crippen molar-refractivity contribution in [1.82, 2.24) is 4.98 Å². The highest BCUT2D eigenvalue weighted by Crippen LogP contribution is 2.39. The largest absolute Gasteiger partial charge is 0.493 e. The molecule has 0 unspecified atom stereocenters. The van der Waals surface area contributed by atoms with E-state index in [-0.39, 0.29) is 33.3 Å². The van der Waals surface area contributed by atoms with Crippen LogP contribution in [0.15, 0.2) is 36.4 Å². The number of rotatable bonds is 4. The van der Waals surface area contributed by atoms with E-state index in [1.165, 1.54) is 44.6 Å². The van der Waals surface area contributed by atoms with Gasteiger partial charge in [0.15, 0.2) is 11.5 Å². The number of pyridine rings is 1. The van der Waals surface area contributed by atoms with Gasteiger partial charge in [-0.15, -0.1) is 0 Å². The van der Waals surface area contributed by atoms with Gasteiger partial charge in [0.1, 0.15) is 0 Å². The van der Waals surface area contributed by atoms with E-state index in [4.69, 9.17) is 9.47 Å². The van der Waals surface area contributed by atoms with Crippen LogP contribution in [0.2, 0.25) is 0 Å². The molecule has 11 heteroatoms. The number of benzene rings is 2. The Bertz CT molecular complexity index is 1100. The second kappa shape index (κ2) is 7.54. The topological polar surface area (TPSA) is 57.7 Å². The summed E-state index contributed by atoms with van der Waals surface area (Å²) in [5.74, 6) is -1.50. The number of esters is 1. The van der Waals surface area contributed by atoms with E-state index in [1.807, 2.05) is 0 Å². The first-order chi connectivity index (χ1) is 14.0. The lowest BCUT2D eigenvalue weighted by molar-refractivity contribution is -0.307. The number of halogens is 6. The Morgan fingerprint density at radius 1 is 0.867 bits per heavy atom. The van der Waals surface area contributed by atoms with Gasteiger partial charge in [0.2, 0.25) is 0 Å². The molecule has 0 saturated heterocycles. The van der Waals surface area contributed by atoms with E-state index >= 15 is 0 Å². The average Bonchev–Trinajstić information content (AvgIpc) is 2.67. The molecule has 0 aliphatic carbocycles. The van der Waals surface area contributed by atoms with Crippen molar-refractivity contribution in [3.05, 3.63) is 42.0 Å². The second-order valence-corrected chi connectivity index (χ2v) is 6.10. The van der Waals surface area contributed by atoms with Crippen molar-refractivity contribution in [2.45, 2.75) is 18.5 Å². The van der Waals surface area contributed by atoms with Crippen molar-refractivity contribution in [2.75, 3.05) is 14.2 Å². The molecule has 0 fully saturated rings. The summed E-state index contributed by atoms with van der Waals surface area (Å²) >= 11 is 0. The number of carbonyl (C=O) groups is 1. The number of hydrogen-bond donors (Lipinski definition) is 0. The minimum atomic E-state index is -5.84. The third-order valence-electron chi connectivity index (χ3n) is 4.21. The number of hydrogen-bond acceptors (Lipinski definition) is 5. The van der Waals surface area contributed by atoms with Crippen LogP contribution in [-0.4, -0.2) is 43.6 Å². The molecule has 0 bridgehead atoms. The van der Waals surface area contributed by atoms with Crippen molar-refractivity contribution < 1.29 is 45.3 Å². The molecule has 160 valence electrons. The summed E-state index contributed by atoms with van der Waals surface area (Å²) in [5, 5.41) is -0.0373. The number of nitrogens with zero attached hydrogens (tertiary/aromatic N) is 1. The molecule has 0 radical (unpaired) electrons. The summed E-state index contributed by atoms with van der Waals surface area (Å²) in [6, 6.07) is 8.38. The first kappa shape index (κ1) is 21.5. The summed E-state index contributed by atoms with van der Waals surface area (Å²) < 4.78 is 91.5. The van der Waals surface area contributed by atoms with Crippen LogP contribution in [0.1, 0.15) is 10.4 Å². The Balaban J connectivity index is 2.27. The summed E-state index contributed by atoms with van der Waals surface area (Å²) in [5.41, 5.74) is -0.247. The van der Waals surface area contributed by atoms with Crippen LogP contribution >= 0.6 is 0 Å². The standard InChI is InChI=1S/C19H13F6NO4/c1-28-13-7-10-12(8-14(13)29-2)26-11-6-4-3-5-9(11)15(10)16(27)30-17(18(20,21)22)19(23,24)25/h3-8,17H,1-2H3. The molecule has 2 aromatic carbocycles. The molecule has 1 heterocycles. The maximum atomic E-state index is 12.9. The van der Waals surface area contributed by atoms with Gasteiger partial charge in [-0.05, 0) is 12.1 Å². The van der Waals surface area contributed by atoms with Gasteiger partial charge in [0.05, 0.1) is 30.8 Å². The predicted octanol–water partition coefficient (Wildman–Crippen LogP) is 5.06. The molecule has 5 nitrogen and oxygen atoms in total. The molecule has 0 amide bonds. The van der Waals surface area contributed by atoms with E-state index in [0.29, 0.717) is 0 Å². The minimum Gasteiger partial charge on any atom is -0.493 e. The lowest BCUT2D eigenvalue weighted by atomic mass is 10.0. The second-order valence-electron chi connectivity index (χ2n) is 6.10. The van der Waals surface area contributed by atoms with Gasteiger partial charge in [0, 0.05) is 16.8 Å². The number of alkyl halides is 6. The highest BCUT2D eigenvalue weighted by Gasteiger charge is 2.60. The third kappa shape index (κ3) is 3.91. The molecule has 1 aromatic heterocycles. The summed E-state index contributed by atoms with van der Waals surface area (Å²) in [7, 11) is 2.61. The first-order valence-corrected chi connectivity index (χ1v) is 8.26. The van der Waals surface area contributed by atoms with Crippen molar-refractivity contribution in [3.8, 4) is 11.5 Å². The monoisotopic (exact) mass is 433 g/mol. The lowest BCUT2D eigenvalue weighted by Gasteiger charge is -2.23. The molecule has 0 aliphatic heterocycles. The molecule has 0 N–H and O–H groups in total. The molecular formula is C19H13F6NO4. The van der Waals surface area contributed by atoms with Gasteiger partial charge < -0.3 is 14.2 Å². The van der Waals surface area contributed by atoms with Gasteiger partial charge in [-0.3, -0.25) is 0 Å². The van der Waals surface area contributed by atoms with Crippen LogP contribution in [0.4, 0.5) is 26.3 Å². The zero-order valence-corrected chi connectivity index (χ0v) is 15.4. The van der Waals surface area contributed by atoms with Gasteiger partial charge in [-0.2, -0.15) is 26.3 Å². The summed E-state index contributed by atoms with van der Waals surface area (Å²) in [6.45, 7) is 0. The molecule has 0 atom stereocenters. The molecule has 3 rings (SSSR count). The van der Waals surface area contributed by atoms with E-state index in [1.54, 1.807) is 6.07 Å². The first-order valence-electron chi connectivity index (χ1n) is 8.26. The fourth-order valence-electron chi connectivity index (χ4n) is 2.92. The lowest BCUT2D eigenvalue weighted by Crippen LogP contribution is -2.45. The fourth-order valence-corrected chi connectivity index (χ4v) is 2.92. The van der Waals surface area contributed by atoms with Crippen molar-refractivity contribution in [1.29, 1.82) is 0 Å². The quantitative estimate of drug-likeness (QED) is 0.327. The fraction of sp³-hybridized carbons (Fsp3) is 0.263. The van der Waals surface area contributed by atoms with Crippen LogP contribution in [0.3, 0.4) is 0 Å². The van der Waals surface area contributed by atoms with E-state index < -0.39 is 30.0 Å². The zero-order valence-electron chi connectivity index (χ0n) is 15.4. The number of carbonyl (C=O) groups excluding carboxylic acids is 1. The molecule has 0 saturated carbocycles. The SMILES string of the molecule is COc1cc2nc3ccccc3c(C(=O)OC(C(F)(F)F)C(F)(F)F)c2cc1OC. The number of ether oxygens (including phenoxy) is 3. The smallest absolute Gasteiger partial charge is 0.434 e. The van der Waals surface area contributed by atoms with Crippen LogP contribution in [0.5, 0.6) is 11.5 Å². The number of para-hydroxylation sites is 1. The van der Waals surface area contributed by atoms with Crippen LogP contribution in [0, 0.1) is 0 Å². The van der Waals surface area contributed by atoms with Gasteiger partial charge in [0.25, 0.3) is 6.10 Å². The highest BCUT2D eigenvalue weighted by atomic mass is 19.4. The molecule has 0 spiro atoms. The molecular weight excluding hydrogens is 420 g/mol. The highest BCUT2D eigenvalue weighted by molar-refractivity contribution is 6.14. The van der Waals surface area contributed by atoms with Crippen molar-refractivity contribution in [3.63, 3.8) is 0 Å². The van der Waals surface area contributed by atoms with E-state index in [0.717, 1.165) is 0 Å². The van der Waals surface area contributed by atoms with E-state index in [2.05, 4.69) is 9.72 Å². The molecule has 30 heavy (non-hydrogen) atoms. The molecule has 3 aromatic rings. The Morgan fingerprint density at radius 3 is 2.00 bits per heavy atom. The Morgan fingerprint density at radius 2 is 1.43 bits per heavy atom. The van der Waals surface area contributed by atoms with Gasteiger partial charge >= 0.3 is 18.3 Å². The molecule has 0 aliphatic rings. The van der Waals surface area contributed by atoms with E-state index in [9.17, 15) is 31.1 Å². The summed E-state index contributed by atoms with van der Waals surface area (Å²) in [4.78, 5) is 16.9. The Labute approximate surface area is 165 Å². The minimum absolute atomic E-state index is 0.0188. The van der Waals surface area contributed by atoms with Gasteiger partial charge in [-0.1, -0.05) is 18.2 Å².